The predicted molar refractivity (Wildman–Crippen MR) is 176 cm³/mol. The van der Waals surface area contributed by atoms with Gasteiger partial charge in [0.1, 0.15) is 0 Å². The quantitative estimate of drug-likeness (QED) is 0.205. The lowest BCUT2D eigenvalue weighted by Gasteiger charge is -2.13. The highest BCUT2D eigenvalue weighted by atomic mass is 32.1. The van der Waals surface area contributed by atoms with Crippen LogP contribution in [-0.4, -0.2) is 9.97 Å². The molecule has 7 aromatic carbocycles. The summed E-state index contributed by atoms with van der Waals surface area (Å²) in [6.45, 7) is 0. The minimum atomic E-state index is 0.901. The van der Waals surface area contributed by atoms with Gasteiger partial charge in [-0.15, -0.1) is 11.3 Å². The second-order valence-corrected chi connectivity index (χ2v) is 11.7. The largest absolute Gasteiger partial charge is 0.244 e. The highest BCUT2D eigenvalue weighted by Gasteiger charge is 2.16. The molecule has 0 aliphatic heterocycles. The molecule has 190 valence electrons. The summed E-state index contributed by atoms with van der Waals surface area (Å²) >= 11 is 1.88. The van der Waals surface area contributed by atoms with Gasteiger partial charge in [0.25, 0.3) is 0 Å². The lowest BCUT2D eigenvalue weighted by atomic mass is 9.92. The van der Waals surface area contributed by atoms with Crippen LogP contribution in [0.2, 0.25) is 0 Å². The van der Waals surface area contributed by atoms with Crippen LogP contribution in [0.5, 0.6) is 0 Å². The molecule has 0 N–H and O–H groups in total. The van der Waals surface area contributed by atoms with Crippen molar-refractivity contribution in [1.82, 2.24) is 9.97 Å². The second-order valence-electron chi connectivity index (χ2n) is 10.6. The highest BCUT2D eigenvalue weighted by Crippen LogP contribution is 2.43. The summed E-state index contributed by atoms with van der Waals surface area (Å²) in [5.74, 6) is 0. The van der Waals surface area contributed by atoms with Gasteiger partial charge in [-0.25, -0.2) is 9.97 Å². The van der Waals surface area contributed by atoms with E-state index in [9.17, 15) is 0 Å². The van der Waals surface area contributed by atoms with Gasteiger partial charge in [-0.3, -0.25) is 0 Å². The average Bonchev–Trinajstić information content (AvgIpc) is 3.43. The van der Waals surface area contributed by atoms with Crippen molar-refractivity contribution >= 4 is 74.9 Å². The number of fused-ring (bicyclic) bond motifs is 10. The Morgan fingerprint density at radius 1 is 0.390 bits per heavy atom. The summed E-state index contributed by atoms with van der Waals surface area (Å²) < 4.78 is 2.66. The average molecular weight is 539 g/mol. The maximum atomic E-state index is 5.15. The Balaban J connectivity index is 1.36. The van der Waals surface area contributed by atoms with Crippen LogP contribution >= 0.6 is 11.3 Å². The van der Waals surface area contributed by atoms with E-state index in [0.29, 0.717) is 0 Å². The molecule has 0 amide bonds. The molecule has 0 bridgehead atoms. The summed E-state index contributed by atoms with van der Waals surface area (Å²) in [6, 6.07) is 47.6. The first-order chi connectivity index (χ1) is 20.3. The summed E-state index contributed by atoms with van der Waals surface area (Å²) in [5.41, 5.74) is 5.75. The van der Waals surface area contributed by atoms with Gasteiger partial charge in [0.2, 0.25) is 0 Å². The number of benzene rings is 7. The fourth-order valence-electron chi connectivity index (χ4n) is 6.33. The Kier molecular flexibility index (Phi) is 4.80. The molecule has 3 heteroatoms. The SMILES string of the molecule is c1ccc(-c2nc3ccccc3nc2-c2ccc3c(ccc4ccc5ccc6sc7ccccc7c6c5c43)c2)cc1. The number of rotatable bonds is 2. The first-order valence-electron chi connectivity index (χ1n) is 13.8. The molecule has 2 heterocycles. The molecule has 0 unspecified atom stereocenters. The second kappa shape index (κ2) is 8.69. The van der Waals surface area contributed by atoms with E-state index in [1.54, 1.807) is 0 Å². The molecule has 0 aliphatic rings. The van der Waals surface area contributed by atoms with Crippen molar-refractivity contribution < 1.29 is 0 Å². The topological polar surface area (TPSA) is 25.8 Å². The van der Waals surface area contributed by atoms with Gasteiger partial charge in [-0.05, 0) is 62.6 Å². The van der Waals surface area contributed by atoms with Crippen molar-refractivity contribution in [1.29, 1.82) is 0 Å². The van der Waals surface area contributed by atoms with Gasteiger partial charge >= 0.3 is 0 Å². The smallest absolute Gasteiger partial charge is 0.0973 e. The van der Waals surface area contributed by atoms with Crippen LogP contribution < -0.4 is 0 Å². The van der Waals surface area contributed by atoms with Crippen molar-refractivity contribution in [2.45, 2.75) is 0 Å². The number of hydrogen-bond acceptors (Lipinski definition) is 3. The van der Waals surface area contributed by atoms with E-state index < -0.39 is 0 Å². The summed E-state index contributed by atoms with van der Waals surface area (Å²) in [5, 5.41) is 10.3. The molecule has 9 aromatic rings. The third kappa shape index (κ3) is 3.43. The van der Waals surface area contributed by atoms with Crippen molar-refractivity contribution in [2.24, 2.45) is 0 Å². The number of thiophene rings is 1. The Hall–Kier alpha value is -5.12. The number of aromatic nitrogens is 2. The molecule has 2 aromatic heterocycles. The Morgan fingerprint density at radius 3 is 1.83 bits per heavy atom. The Bertz CT molecular complexity index is 2470. The Labute approximate surface area is 240 Å². The van der Waals surface area contributed by atoms with Crippen LogP contribution in [0.3, 0.4) is 0 Å². The summed E-state index contributed by atoms with van der Waals surface area (Å²) in [7, 11) is 0. The predicted octanol–water partition coefficient (Wildman–Crippen LogP) is 10.8. The minimum Gasteiger partial charge on any atom is -0.244 e. The van der Waals surface area contributed by atoms with Gasteiger partial charge in [-0.2, -0.15) is 0 Å². The molecule has 0 spiro atoms. The molecule has 0 atom stereocenters. The third-order valence-corrected chi connectivity index (χ3v) is 9.35. The zero-order valence-corrected chi connectivity index (χ0v) is 22.8. The van der Waals surface area contributed by atoms with Gasteiger partial charge in [0.15, 0.2) is 0 Å². The van der Waals surface area contributed by atoms with Crippen LogP contribution in [0.4, 0.5) is 0 Å². The van der Waals surface area contributed by atoms with Crippen molar-refractivity contribution in [3.63, 3.8) is 0 Å². The monoisotopic (exact) mass is 538 g/mol. The van der Waals surface area contributed by atoms with E-state index in [2.05, 4.69) is 103 Å². The van der Waals surface area contributed by atoms with Crippen LogP contribution in [0.1, 0.15) is 0 Å². The fourth-order valence-corrected chi connectivity index (χ4v) is 7.44. The molecule has 9 rings (SSSR count). The number of nitrogens with zero attached hydrogens (tertiary/aromatic N) is 2. The maximum absolute atomic E-state index is 5.15. The first kappa shape index (κ1) is 22.7. The van der Waals surface area contributed by atoms with Gasteiger partial charge < -0.3 is 0 Å². The fraction of sp³-hybridized carbons (Fsp3) is 0. The van der Waals surface area contributed by atoms with Gasteiger partial charge in [0, 0.05) is 31.3 Å². The molecule has 2 nitrogen and oxygen atoms in total. The first-order valence-corrected chi connectivity index (χ1v) is 14.7. The maximum Gasteiger partial charge on any atom is 0.0973 e. The standard InChI is InChI=1S/C38H22N2S/c1-2-8-25(9-3-1)37-38(40-31-12-6-5-11-30(31)39-37)27-18-20-28-26(22-27)17-16-23-14-15-24-19-21-33-36(35(24)34(23)28)29-10-4-7-13-32(29)41-33/h1-22H. The number of para-hydroxylation sites is 2. The molecule has 0 aliphatic carbocycles. The van der Waals surface area contributed by atoms with Gasteiger partial charge in [0.05, 0.1) is 22.4 Å². The zero-order valence-electron chi connectivity index (χ0n) is 22.0. The van der Waals surface area contributed by atoms with E-state index in [-0.39, 0.29) is 0 Å². The molecule has 0 fully saturated rings. The summed E-state index contributed by atoms with van der Waals surface area (Å²) in [6.07, 6.45) is 0. The normalized spacial score (nSPS) is 11.9. The van der Waals surface area contributed by atoms with E-state index >= 15 is 0 Å². The third-order valence-electron chi connectivity index (χ3n) is 8.21. The van der Waals surface area contributed by atoms with Crippen LogP contribution in [0, 0.1) is 0 Å². The lowest BCUT2D eigenvalue weighted by Crippen LogP contribution is -1.95. The Morgan fingerprint density at radius 2 is 1.02 bits per heavy atom. The van der Waals surface area contributed by atoms with E-state index in [4.69, 9.17) is 9.97 Å². The molecule has 0 saturated carbocycles. The van der Waals surface area contributed by atoms with Crippen LogP contribution in [-0.2, 0) is 0 Å². The molecular weight excluding hydrogens is 516 g/mol. The number of hydrogen-bond donors (Lipinski definition) is 0. The zero-order chi connectivity index (χ0) is 26.9. The lowest BCUT2D eigenvalue weighted by molar-refractivity contribution is 1.29. The highest BCUT2D eigenvalue weighted by molar-refractivity contribution is 7.26. The van der Waals surface area contributed by atoms with Crippen LogP contribution in [0.25, 0.3) is 86.0 Å². The minimum absolute atomic E-state index is 0.901. The van der Waals surface area contributed by atoms with Crippen molar-refractivity contribution in [3.05, 3.63) is 133 Å². The molecule has 0 saturated heterocycles. The summed E-state index contributed by atoms with van der Waals surface area (Å²) in [4.78, 5) is 10.2. The molecular formula is C38H22N2S. The van der Waals surface area contributed by atoms with Crippen molar-refractivity contribution in [2.75, 3.05) is 0 Å². The van der Waals surface area contributed by atoms with Crippen molar-refractivity contribution in [3.8, 4) is 22.5 Å². The molecule has 0 radical (unpaired) electrons. The van der Waals surface area contributed by atoms with Gasteiger partial charge in [-0.1, -0.05) is 103 Å². The van der Waals surface area contributed by atoms with Crippen LogP contribution in [0.15, 0.2) is 133 Å². The van der Waals surface area contributed by atoms with E-state index in [0.717, 1.165) is 33.5 Å². The van der Waals surface area contributed by atoms with E-state index in [1.165, 1.54) is 52.5 Å². The van der Waals surface area contributed by atoms with E-state index in [1.807, 2.05) is 41.7 Å². The molecule has 41 heavy (non-hydrogen) atoms.